The molecule has 3 rings (SSSR count). The molecule has 0 radical (unpaired) electrons. The van der Waals surface area contributed by atoms with Crippen molar-refractivity contribution in [1.82, 2.24) is 0 Å². The lowest BCUT2D eigenvalue weighted by molar-refractivity contribution is -0.434. The second-order valence-corrected chi connectivity index (χ2v) is 8.95. The van der Waals surface area contributed by atoms with Gasteiger partial charge in [0.05, 0.1) is 33.0 Å². The molecular weight excluding hydrogens is 472 g/mol. The predicted octanol–water partition coefficient (Wildman–Crippen LogP) is -8.79. The van der Waals surface area contributed by atoms with Crippen LogP contribution in [0.25, 0.3) is 0 Å². The summed E-state index contributed by atoms with van der Waals surface area (Å²) in [7, 11) is 0. The smallest absolute Gasteiger partial charge is 0.190 e. The molecule has 200 valence electrons. The zero-order valence-electron chi connectivity index (χ0n) is 17.8. The minimum Gasteiger partial charge on any atom is -0.394 e. The standard InChI is InChI=1S/C18H32O16/c19-1-7-10(23)12(25)18(31,14(27)34-7)17(30)9(3-21)33-5-15(28,13(17)26)16(29)8(2-20)32-4-6(22)11(16)24/h6-14,19-31H,1-5H2/t6-,7+,8+,9+,10-,11+,12-,13+,14-,15-,16-,17-,18+/m0/s1. The summed E-state index contributed by atoms with van der Waals surface area (Å²) in [6.07, 6.45) is -20.4. The molecule has 0 aromatic heterocycles. The molecule has 0 aromatic rings. The van der Waals surface area contributed by atoms with Crippen LogP contribution < -0.4 is 0 Å². The largest absolute Gasteiger partial charge is 0.394 e. The molecule has 0 aliphatic carbocycles. The molecule has 0 bridgehead atoms. The summed E-state index contributed by atoms with van der Waals surface area (Å²) in [5.74, 6) is 0. The Morgan fingerprint density at radius 1 is 0.676 bits per heavy atom. The van der Waals surface area contributed by atoms with Crippen molar-refractivity contribution in [2.24, 2.45) is 0 Å². The molecule has 16 heteroatoms. The minimum absolute atomic E-state index is 0.616. The first-order chi connectivity index (χ1) is 15.7. The van der Waals surface area contributed by atoms with E-state index in [1.165, 1.54) is 0 Å². The minimum atomic E-state index is -3.58. The van der Waals surface area contributed by atoms with E-state index in [0.29, 0.717) is 0 Å². The number of aliphatic hydroxyl groups excluding tert-OH is 9. The van der Waals surface area contributed by atoms with Gasteiger partial charge < -0.3 is 80.6 Å². The molecule has 16 nitrogen and oxygen atoms in total. The monoisotopic (exact) mass is 504 g/mol. The summed E-state index contributed by atoms with van der Waals surface area (Å²) in [6.45, 7) is -5.10. The summed E-state index contributed by atoms with van der Waals surface area (Å²) >= 11 is 0. The van der Waals surface area contributed by atoms with Crippen LogP contribution >= 0.6 is 0 Å². The zero-order valence-corrected chi connectivity index (χ0v) is 17.8. The highest BCUT2D eigenvalue weighted by molar-refractivity contribution is 5.27. The van der Waals surface area contributed by atoms with E-state index < -0.39 is 111 Å². The lowest BCUT2D eigenvalue weighted by Gasteiger charge is -2.64. The van der Waals surface area contributed by atoms with E-state index in [1.54, 1.807) is 0 Å². The van der Waals surface area contributed by atoms with Crippen LogP contribution in [0.1, 0.15) is 0 Å². The Kier molecular flexibility index (Phi) is 7.68. The zero-order chi connectivity index (χ0) is 25.9. The van der Waals surface area contributed by atoms with Crippen molar-refractivity contribution < 1.29 is 80.6 Å². The molecule has 0 unspecified atom stereocenters. The Bertz CT molecular complexity index is 724. The van der Waals surface area contributed by atoms with Crippen LogP contribution in [0.5, 0.6) is 0 Å². The Morgan fingerprint density at radius 3 is 1.76 bits per heavy atom. The third kappa shape index (κ3) is 3.39. The highest BCUT2D eigenvalue weighted by Crippen LogP contribution is 2.51. The van der Waals surface area contributed by atoms with E-state index in [4.69, 9.17) is 14.2 Å². The van der Waals surface area contributed by atoms with Gasteiger partial charge in [-0.05, 0) is 0 Å². The van der Waals surface area contributed by atoms with E-state index in [9.17, 15) is 66.4 Å². The third-order valence-corrected chi connectivity index (χ3v) is 7.32. The fourth-order valence-corrected chi connectivity index (χ4v) is 5.17. The van der Waals surface area contributed by atoms with Crippen molar-refractivity contribution in [2.75, 3.05) is 33.0 Å². The Morgan fingerprint density at radius 2 is 1.24 bits per heavy atom. The second-order valence-electron chi connectivity index (χ2n) is 8.95. The fraction of sp³-hybridized carbons (Fsp3) is 1.00. The first-order valence-corrected chi connectivity index (χ1v) is 10.4. The van der Waals surface area contributed by atoms with E-state index in [2.05, 4.69) is 0 Å². The van der Waals surface area contributed by atoms with Crippen molar-refractivity contribution in [3.63, 3.8) is 0 Å². The lowest BCUT2D eigenvalue weighted by Crippen LogP contribution is -2.90. The van der Waals surface area contributed by atoms with E-state index in [1.807, 2.05) is 0 Å². The average Bonchev–Trinajstić information content (AvgIpc) is 2.82. The highest BCUT2D eigenvalue weighted by Gasteiger charge is 2.79. The van der Waals surface area contributed by atoms with Crippen LogP contribution in [-0.4, -0.2) is 177 Å². The number of rotatable bonds is 5. The van der Waals surface area contributed by atoms with Gasteiger partial charge in [0, 0.05) is 0 Å². The van der Waals surface area contributed by atoms with Crippen molar-refractivity contribution in [3.05, 3.63) is 0 Å². The summed E-state index contributed by atoms with van der Waals surface area (Å²) in [5, 5.41) is 137. The van der Waals surface area contributed by atoms with Gasteiger partial charge in [0.25, 0.3) is 0 Å². The molecule has 0 amide bonds. The average molecular weight is 504 g/mol. The molecule has 34 heavy (non-hydrogen) atoms. The topological polar surface area (TPSA) is 291 Å². The van der Waals surface area contributed by atoms with Crippen molar-refractivity contribution in [2.45, 2.75) is 77.5 Å². The van der Waals surface area contributed by atoms with Gasteiger partial charge in [-0.15, -0.1) is 0 Å². The van der Waals surface area contributed by atoms with Gasteiger partial charge in [-0.2, -0.15) is 0 Å². The number of ether oxygens (including phenoxy) is 3. The predicted molar refractivity (Wildman–Crippen MR) is 101 cm³/mol. The summed E-state index contributed by atoms with van der Waals surface area (Å²) in [6, 6.07) is 0. The Balaban J connectivity index is 2.17. The third-order valence-electron chi connectivity index (χ3n) is 7.32. The van der Waals surface area contributed by atoms with Crippen molar-refractivity contribution in [1.29, 1.82) is 0 Å². The van der Waals surface area contributed by atoms with E-state index >= 15 is 0 Å². The molecule has 13 N–H and O–H groups in total. The first-order valence-electron chi connectivity index (χ1n) is 10.4. The van der Waals surface area contributed by atoms with Gasteiger partial charge in [-0.25, -0.2) is 0 Å². The van der Waals surface area contributed by atoms with Crippen molar-refractivity contribution >= 4 is 0 Å². The van der Waals surface area contributed by atoms with E-state index in [0.717, 1.165) is 0 Å². The van der Waals surface area contributed by atoms with Crippen LogP contribution in [0.2, 0.25) is 0 Å². The number of hydrogen-bond acceptors (Lipinski definition) is 16. The van der Waals surface area contributed by atoms with Gasteiger partial charge >= 0.3 is 0 Å². The summed E-state index contributed by atoms with van der Waals surface area (Å²) in [4.78, 5) is 0. The quantitative estimate of drug-likeness (QED) is 0.165. The molecule has 3 aliphatic rings. The normalized spacial score (nSPS) is 56.9. The highest BCUT2D eigenvalue weighted by atomic mass is 16.7. The molecule has 0 aromatic carbocycles. The second kappa shape index (κ2) is 9.34. The summed E-state index contributed by atoms with van der Waals surface area (Å²) in [5.41, 5.74) is -13.7. The lowest BCUT2D eigenvalue weighted by atomic mass is 9.58. The fourth-order valence-electron chi connectivity index (χ4n) is 5.17. The molecule has 3 saturated heterocycles. The molecule has 3 aliphatic heterocycles. The maximum Gasteiger partial charge on any atom is 0.190 e. The van der Waals surface area contributed by atoms with Crippen LogP contribution in [0, 0.1) is 0 Å². The van der Waals surface area contributed by atoms with Crippen molar-refractivity contribution in [3.8, 4) is 0 Å². The molecule has 13 atom stereocenters. The SMILES string of the molecule is OC[C@H]1O[C@H](O)[C@@](O)([C@]2(O)[C@@H](CO)OC[C@@](O)([C@@]3(O)[C@H](O)[C@@H](O)CO[C@@H]3CO)[C@H]2O)[C@@H](O)[C@H]1O. The van der Waals surface area contributed by atoms with Gasteiger partial charge in [0.2, 0.25) is 0 Å². The van der Waals surface area contributed by atoms with Gasteiger partial charge in [0.1, 0.15) is 48.8 Å². The maximum atomic E-state index is 11.5. The number of hydrogen-bond donors (Lipinski definition) is 13. The van der Waals surface area contributed by atoms with Gasteiger partial charge in [0.15, 0.2) is 28.7 Å². The van der Waals surface area contributed by atoms with Crippen LogP contribution in [0.15, 0.2) is 0 Å². The molecule has 3 heterocycles. The van der Waals surface area contributed by atoms with Crippen LogP contribution in [0.4, 0.5) is 0 Å². The molecule has 0 saturated carbocycles. The molecular formula is C18H32O16. The maximum absolute atomic E-state index is 11.5. The Hall–Kier alpha value is -0.640. The Labute approximate surface area is 192 Å². The van der Waals surface area contributed by atoms with E-state index in [-0.39, 0.29) is 0 Å². The van der Waals surface area contributed by atoms with Gasteiger partial charge in [-0.3, -0.25) is 0 Å². The number of aliphatic hydroxyl groups is 13. The van der Waals surface area contributed by atoms with Gasteiger partial charge in [-0.1, -0.05) is 0 Å². The van der Waals surface area contributed by atoms with Crippen LogP contribution in [-0.2, 0) is 14.2 Å². The summed E-state index contributed by atoms with van der Waals surface area (Å²) < 4.78 is 15.1. The molecule has 0 spiro atoms. The molecule has 3 fully saturated rings. The van der Waals surface area contributed by atoms with Crippen LogP contribution in [0.3, 0.4) is 0 Å². The first kappa shape index (κ1) is 27.9.